The summed E-state index contributed by atoms with van der Waals surface area (Å²) in [5.41, 5.74) is 0.717. The molecule has 0 radical (unpaired) electrons. The van der Waals surface area contributed by atoms with Gasteiger partial charge in [-0.3, -0.25) is 0 Å². The van der Waals surface area contributed by atoms with Crippen molar-refractivity contribution < 1.29 is 4.74 Å². The zero-order chi connectivity index (χ0) is 15.2. The maximum absolute atomic E-state index is 5.77. The molecule has 1 rings (SSSR count). The molecule has 1 aromatic heterocycles. The van der Waals surface area contributed by atoms with Gasteiger partial charge in [0.05, 0.1) is 9.26 Å². The van der Waals surface area contributed by atoms with Crippen LogP contribution in [0.25, 0.3) is 0 Å². The summed E-state index contributed by atoms with van der Waals surface area (Å²) in [4.78, 5) is 9.51. The van der Waals surface area contributed by atoms with Gasteiger partial charge in [-0.2, -0.15) is 0 Å². The van der Waals surface area contributed by atoms with Crippen molar-refractivity contribution in [2.75, 3.05) is 19.0 Å². The van der Waals surface area contributed by atoms with Gasteiger partial charge in [0.2, 0.25) is 0 Å². The molecule has 0 bridgehead atoms. The fraction of sp³-hybridized carbons (Fsp3) is 0.733. The lowest BCUT2D eigenvalue weighted by Crippen LogP contribution is -2.30. The monoisotopic (exact) mass is 391 g/mol. The summed E-state index contributed by atoms with van der Waals surface area (Å²) in [7, 11) is 1.75. The van der Waals surface area contributed by atoms with Crippen LogP contribution in [0.3, 0.4) is 0 Å². The van der Waals surface area contributed by atoms with Crippen molar-refractivity contribution in [1.82, 2.24) is 9.97 Å². The molecule has 1 aromatic rings. The molecule has 0 saturated carbocycles. The first-order chi connectivity index (χ1) is 9.58. The van der Waals surface area contributed by atoms with Gasteiger partial charge in [0.1, 0.15) is 11.4 Å². The number of nitrogens with zero attached hydrogens (tertiary/aromatic N) is 2. The van der Waals surface area contributed by atoms with E-state index in [4.69, 9.17) is 14.7 Å². The largest absolute Gasteiger partial charge is 0.370 e. The number of hydrogen-bond donors (Lipinski definition) is 1. The molecular weight excluding hydrogens is 365 g/mol. The minimum absolute atomic E-state index is 0.378. The Balaban J connectivity index is 3.32. The molecule has 0 amide bonds. The van der Waals surface area contributed by atoms with Crippen molar-refractivity contribution in [3.05, 3.63) is 15.1 Å². The van der Waals surface area contributed by atoms with E-state index < -0.39 is 0 Å². The highest BCUT2D eigenvalue weighted by Crippen LogP contribution is 2.32. The summed E-state index contributed by atoms with van der Waals surface area (Å²) in [6.45, 7) is 9.45. The molecule has 114 valence electrons. The van der Waals surface area contributed by atoms with Gasteiger partial charge in [-0.15, -0.1) is 0 Å². The van der Waals surface area contributed by atoms with Gasteiger partial charge in [-0.1, -0.05) is 27.7 Å². The Morgan fingerprint density at radius 3 is 2.25 bits per heavy atom. The van der Waals surface area contributed by atoms with E-state index in [0.29, 0.717) is 0 Å². The quantitative estimate of drug-likeness (QED) is 0.677. The Morgan fingerprint density at radius 1 is 1.15 bits per heavy atom. The molecule has 0 spiro atoms. The topological polar surface area (TPSA) is 47.0 Å². The molecule has 5 heteroatoms. The van der Waals surface area contributed by atoms with Gasteiger partial charge in [0.25, 0.3) is 0 Å². The highest BCUT2D eigenvalue weighted by atomic mass is 127. The first kappa shape index (κ1) is 17.6. The molecular formula is C15H26IN3O. The standard InChI is InChI=1S/C15H26IN3O/c1-6-10-17-13-12(16)11(7-2)18-14(19-13)15(8-3,9-4)20-5/h6-10H2,1-5H3,(H,17,18,19). The number of rotatable bonds is 8. The highest BCUT2D eigenvalue weighted by molar-refractivity contribution is 14.1. The van der Waals surface area contributed by atoms with Gasteiger partial charge < -0.3 is 10.1 Å². The third-order valence-electron chi connectivity index (χ3n) is 3.74. The van der Waals surface area contributed by atoms with Gasteiger partial charge in [0, 0.05) is 13.7 Å². The summed E-state index contributed by atoms with van der Waals surface area (Å²) in [5, 5.41) is 3.41. The van der Waals surface area contributed by atoms with E-state index in [0.717, 1.165) is 53.1 Å². The highest BCUT2D eigenvalue weighted by Gasteiger charge is 2.32. The van der Waals surface area contributed by atoms with Crippen LogP contribution in [-0.4, -0.2) is 23.6 Å². The third kappa shape index (κ3) is 3.61. The molecule has 0 unspecified atom stereocenters. The van der Waals surface area contributed by atoms with E-state index in [1.54, 1.807) is 7.11 Å². The zero-order valence-electron chi connectivity index (χ0n) is 13.2. The van der Waals surface area contributed by atoms with E-state index in [9.17, 15) is 0 Å². The molecule has 1 N–H and O–H groups in total. The van der Waals surface area contributed by atoms with E-state index in [-0.39, 0.29) is 5.60 Å². The molecule has 1 heterocycles. The number of halogens is 1. The number of nitrogens with one attached hydrogen (secondary N) is 1. The molecule has 0 fully saturated rings. The number of ether oxygens (including phenoxy) is 1. The maximum Gasteiger partial charge on any atom is 0.162 e. The molecule has 0 atom stereocenters. The minimum Gasteiger partial charge on any atom is -0.370 e. The second kappa shape index (κ2) is 8.12. The summed E-state index contributed by atoms with van der Waals surface area (Å²) >= 11 is 2.33. The van der Waals surface area contributed by atoms with Crippen LogP contribution in [0.4, 0.5) is 5.82 Å². The number of aryl methyl sites for hydroxylation is 1. The Kier molecular flexibility index (Phi) is 7.15. The van der Waals surface area contributed by atoms with Crippen molar-refractivity contribution in [1.29, 1.82) is 0 Å². The Hall–Kier alpha value is -0.430. The van der Waals surface area contributed by atoms with E-state index in [2.05, 4.69) is 55.6 Å². The Morgan fingerprint density at radius 2 is 1.80 bits per heavy atom. The molecule has 0 aliphatic heterocycles. The van der Waals surface area contributed by atoms with Crippen LogP contribution in [0, 0.1) is 3.57 Å². The molecule has 4 nitrogen and oxygen atoms in total. The first-order valence-electron chi connectivity index (χ1n) is 7.44. The molecule has 0 saturated heterocycles. The minimum atomic E-state index is -0.378. The van der Waals surface area contributed by atoms with E-state index in [1.165, 1.54) is 0 Å². The SMILES string of the molecule is CCCNc1nc(C(CC)(CC)OC)nc(CC)c1I. The Bertz CT molecular complexity index is 425. The van der Waals surface area contributed by atoms with Crippen molar-refractivity contribution >= 4 is 28.4 Å². The summed E-state index contributed by atoms with van der Waals surface area (Å²) in [5.74, 6) is 1.75. The lowest BCUT2D eigenvalue weighted by Gasteiger charge is -2.29. The van der Waals surface area contributed by atoms with Gasteiger partial charge in [-0.25, -0.2) is 9.97 Å². The lowest BCUT2D eigenvalue weighted by molar-refractivity contribution is -0.0292. The van der Waals surface area contributed by atoms with Crippen LogP contribution < -0.4 is 5.32 Å². The first-order valence-corrected chi connectivity index (χ1v) is 8.52. The number of methoxy groups -OCH3 is 1. The van der Waals surface area contributed by atoms with Crippen LogP contribution in [0.1, 0.15) is 58.5 Å². The van der Waals surface area contributed by atoms with Gasteiger partial charge in [0.15, 0.2) is 5.82 Å². The third-order valence-corrected chi connectivity index (χ3v) is 4.87. The van der Waals surface area contributed by atoms with Crippen LogP contribution >= 0.6 is 22.6 Å². The molecule has 0 aliphatic rings. The van der Waals surface area contributed by atoms with Crippen molar-refractivity contribution in [3.8, 4) is 0 Å². The van der Waals surface area contributed by atoms with E-state index in [1.807, 2.05) is 0 Å². The number of hydrogen-bond acceptors (Lipinski definition) is 4. The lowest BCUT2D eigenvalue weighted by atomic mass is 9.96. The average molecular weight is 391 g/mol. The van der Waals surface area contributed by atoms with E-state index >= 15 is 0 Å². The summed E-state index contributed by atoms with van der Waals surface area (Å²) in [6, 6.07) is 0. The molecule has 20 heavy (non-hydrogen) atoms. The fourth-order valence-corrected chi connectivity index (χ4v) is 3.05. The van der Waals surface area contributed by atoms with Crippen molar-refractivity contribution in [3.63, 3.8) is 0 Å². The normalized spacial score (nSPS) is 11.7. The summed E-state index contributed by atoms with van der Waals surface area (Å²) in [6.07, 6.45) is 3.73. The van der Waals surface area contributed by atoms with Crippen LogP contribution in [0.5, 0.6) is 0 Å². The molecule has 0 aliphatic carbocycles. The average Bonchev–Trinajstić information content (AvgIpc) is 2.49. The zero-order valence-corrected chi connectivity index (χ0v) is 15.4. The Labute approximate surface area is 136 Å². The second-order valence-corrected chi connectivity index (χ2v) is 5.92. The number of anilines is 1. The van der Waals surface area contributed by atoms with Crippen LogP contribution in [-0.2, 0) is 16.8 Å². The maximum atomic E-state index is 5.77. The smallest absolute Gasteiger partial charge is 0.162 e. The van der Waals surface area contributed by atoms with Gasteiger partial charge in [-0.05, 0) is 48.3 Å². The fourth-order valence-electron chi connectivity index (χ4n) is 2.24. The van der Waals surface area contributed by atoms with Crippen molar-refractivity contribution in [2.24, 2.45) is 0 Å². The molecule has 0 aromatic carbocycles. The predicted octanol–water partition coefficient (Wildman–Crippen LogP) is 4.13. The van der Waals surface area contributed by atoms with Crippen LogP contribution in [0.2, 0.25) is 0 Å². The van der Waals surface area contributed by atoms with Crippen LogP contribution in [0.15, 0.2) is 0 Å². The predicted molar refractivity (Wildman–Crippen MR) is 92.2 cm³/mol. The van der Waals surface area contributed by atoms with Gasteiger partial charge >= 0.3 is 0 Å². The van der Waals surface area contributed by atoms with Crippen molar-refractivity contribution in [2.45, 2.75) is 59.0 Å². The summed E-state index contributed by atoms with van der Waals surface area (Å²) < 4.78 is 6.89. The number of aromatic nitrogens is 2. The second-order valence-electron chi connectivity index (χ2n) is 4.84.